The summed E-state index contributed by atoms with van der Waals surface area (Å²) in [4.78, 5) is 4.36. The van der Waals surface area contributed by atoms with E-state index in [9.17, 15) is 0 Å². The van der Waals surface area contributed by atoms with Gasteiger partial charge in [0.25, 0.3) is 0 Å². The van der Waals surface area contributed by atoms with E-state index in [0.717, 1.165) is 31.5 Å². The lowest BCUT2D eigenvalue weighted by Crippen LogP contribution is -1.95. The van der Waals surface area contributed by atoms with E-state index in [2.05, 4.69) is 36.2 Å². The predicted octanol–water partition coefficient (Wildman–Crippen LogP) is 2.09. The minimum absolute atomic E-state index is 0.721. The summed E-state index contributed by atoms with van der Waals surface area (Å²) in [6.45, 7) is 2.86. The molecule has 2 N–H and O–H groups in total. The van der Waals surface area contributed by atoms with Gasteiger partial charge < -0.3 is 5.73 Å². The van der Waals surface area contributed by atoms with Gasteiger partial charge in [-0.3, -0.25) is 4.98 Å². The molecule has 0 aromatic carbocycles. The van der Waals surface area contributed by atoms with Gasteiger partial charge in [0.1, 0.15) is 0 Å². The summed E-state index contributed by atoms with van der Waals surface area (Å²) in [5.74, 6) is 0. The van der Waals surface area contributed by atoms with Crippen LogP contribution in [-0.4, -0.2) is 11.5 Å². The summed E-state index contributed by atoms with van der Waals surface area (Å²) in [6.07, 6.45) is 9.09. The Balaban J connectivity index is 2.43. The van der Waals surface area contributed by atoms with Gasteiger partial charge in [0.2, 0.25) is 0 Å². The van der Waals surface area contributed by atoms with Crippen LogP contribution in [0.4, 0.5) is 0 Å². The molecule has 0 bridgehead atoms. The van der Waals surface area contributed by atoms with Crippen molar-refractivity contribution in [2.45, 2.75) is 26.2 Å². The van der Waals surface area contributed by atoms with Crippen LogP contribution in [0.15, 0.2) is 30.5 Å². The largest absolute Gasteiger partial charge is 0.330 e. The quantitative estimate of drug-likeness (QED) is 0.722. The molecule has 0 aliphatic heterocycles. The average molecular weight is 190 g/mol. The van der Waals surface area contributed by atoms with Crippen LogP contribution >= 0.6 is 0 Å². The highest BCUT2D eigenvalue weighted by molar-refractivity contribution is 5.15. The SMILES string of the molecule is CCc1ccc(CC=CCCN)nc1. The van der Waals surface area contributed by atoms with Crippen molar-refractivity contribution in [2.75, 3.05) is 6.54 Å². The molecular formula is C12H18N2. The van der Waals surface area contributed by atoms with Crippen LogP contribution in [0.3, 0.4) is 0 Å². The maximum absolute atomic E-state index is 5.38. The number of rotatable bonds is 5. The van der Waals surface area contributed by atoms with Crippen molar-refractivity contribution in [3.05, 3.63) is 41.7 Å². The van der Waals surface area contributed by atoms with Gasteiger partial charge in [-0.2, -0.15) is 0 Å². The number of nitrogens with zero attached hydrogens (tertiary/aromatic N) is 1. The lowest BCUT2D eigenvalue weighted by atomic mass is 10.2. The third-order valence-electron chi connectivity index (χ3n) is 2.12. The van der Waals surface area contributed by atoms with Gasteiger partial charge in [0.05, 0.1) is 0 Å². The van der Waals surface area contributed by atoms with Crippen LogP contribution in [0.25, 0.3) is 0 Å². The first-order valence-corrected chi connectivity index (χ1v) is 5.15. The van der Waals surface area contributed by atoms with E-state index in [1.54, 1.807) is 0 Å². The van der Waals surface area contributed by atoms with Crippen LogP contribution in [0, 0.1) is 0 Å². The predicted molar refractivity (Wildman–Crippen MR) is 60.1 cm³/mol. The number of aromatic nitrogens is 1. The average Bonchev–Trinajstić information content (AvgIpc) is 2.25. The van der Waals surface area contributed by atoms with Gasteiger partial charge in [-0.05, 0) is 31.0 Å². The summed E-state index contributed by atoms with van der Waals surface area (Å²) in [7, 11) is 0. The van der Waals surface area contributed by atoms with E-state index >= 15 is 0 Å². The topological polar surface area (TPSA) is 38.9 Å². The Morgan fingerprint density at radius 2 is 2.21 bits per heavy atom. The highest BCUT2D eigenvalue weighted by Crippen LogP contribution is 2.02. The van der Waals surface area contributed by atoms with E-state index < -0.39 is 0 Å². The molecule has 0 aliphatic carbocycles. The fraction of sp³-hybridized carbons (Fsp3) is 0.417. The van der Waals surface area contributed by atoms with Gasteiger partial charge in [0, 0.05) is 18.3 Å². The summed E-state index contributed by atoms with van der Waals surface area (Å²) >= 11 is 0. The van der Waals surface area contributed by atoms with Gasteiger partial charge >= 0.3 is 0 Å². The Hall–Kier alpha value is -1.15. The molecule has 0 saturated heterocycles. The minimum Gasteiger partial charge on any atom is -0.330 e. The number of hydrogen-bond acceptors (Lipinski definition) is 2. The monoisotopic (exact) mass is 190 g/mol. The third kappa shape index (κ3) is 3.71. The first-order chi connectivity index (χ1) is 6.86. The summed E-state index contributed by atoms with van der Waals surface area (Å²) in [6, 6.07) is 4.23. The van der Waals surface area contributed by atoms with Gasteiger partial charge in [-0.1, -0.05) is 25.1 Å². The van der Waals surface area contributed by atoms with Crippen LogP contribution in [-0.2, 0) is 12.8 Å². The van der Waals surface area contributed by atoms with Crippen LogP contribution in [0.1, 0.15) is 24.6 Å². The van der Waals surface area contributed by atoms with Crippen molar-refractivity contribution >= 4 is 0 Å². The second-order valence-corrected chi connectivity index (χ2v) is 3.26. The van der Waals surface area contributed by atoms with Crippen molar-refractivity contribution in [2.24, 2.45) is 5.73 Å². The Labute approximate surface area is 85.9 Å². The van der Waals surface area contributed by atoms with E-state index in [4.69, 9.17) is 5.73 Å². The highest BCUT2D eigenvalue weighted by Gasteiger charge is 1.91. The fourth-order valence-corrected chi connectivity index (χ4v) is 1.20. The molecule has 2 nitrogen and oxygen atoms in total. The maximum atomic E-state index is 5.38. The van der Waals surface area contributed by atoms with Crippen molar-refractivity contribution < 1.29 is 0 Å². The zero-order valence-electron chi connectivity index (χ0n) is 8.74. The van der Waals surface area contributed by atoms with Crippen LogP contribution in [0.5, 0.6) is 0 Å². The molecule has 1 aromatic heterocycles. The first-order valence-electron chi connectivity index (χ1n) is 5.15. The summed E-state index contributed by atoms with van der Waals surface area (Å²) in [5, 5.41) is 0. The van der Waals surface area contributed by atoms with Crippen molar-refractivity contribution in [1.82, 2.24) is 4.98 Å². The molecule has 0 radical (unpaired) electrons. The van der Waals surface area contributed by atoms with Crippen molar-refractivity contribution in [3.8, 4) is 0 Å². The van der Waals surface area contributed by atoms with E-state index in [0.29, 0.717) is 0 Å². The molecule has 1 rings (SSSR count). The van der Waals surface area contributed by atoms with E-state index in [1.807, 2.05) is 6.20 Å². The first kappa shape index (κ1) is 10.9. The van der Waals surface area contributed by atoms with Crippen molar-refractivity contribution in [1.29, 1.82) is 0 Å². The molecule has 0 spiro atoms. The van der Waals surface area contributed by atoms with Crippen LogP contribution < -0.4 is 5.73 Å². The highest BCUT2D eigenvalue weighted by atomic mass is 14.7. The Morgan fingerprint density at radius 3 is 2.79 bits per heavy atom. The molecule has 0 unspecified atom stereocenters. The van der Waals surface area contributed by atoms with E-state index in [-0.39, 0.29) is 0 Å². The van der Waals surface area contributed by atoms with Crippen molar-refractivity contribution in [3.63, 3.8) is 0 Å². The smallest absolute Gasteiger partial charge is 0.0441 e. The molecular weight excluding hydrogens is 172 g/mol. The molecule has 14 heavy (non-hydrogen) atoms. The van der Waals surface area contributed by atoms with Crippen LogP contribution in [0.2, 0.25) is 0 Å². The lowest BCUT2D eigenvalue weighted by Gasteiger charge is -1.98. The summed E-state index contributed by atoms with van der Waals surface area (Å²) < 4.78 is 0. The van der Waals surface area contributed by atoms with Gasteiger partial charge in [-0.25, -0.2) is 0 Å². The van der Waals surface area contributed by atoms with Gasteiger partial charge in [0.15, 0.2) is 0 Å². The lowest BCUT2D eigenvalue weighted by molar-refractivity contribution is 0.993. The molecule has 2 heteroatoms. The number of aryl methyl sites for hydroxylation is 1. The number of allylic oxidation sites excluding steroid dienone is 1. The third-order valence-corrected chi connectivity index (χ3v) is 2.12. The molecule has 76 valence electrons. The summed E-state index contributed by atoms with van der Waals surface area (Å²) in [5.41, 5.74) is 7.79. The van der Waals surface area contributed by atoms with E-state index in [1.165, 1.54) is 5.56 Å². The maximum Gasteiger partial charge on any atom is 0.0441 e. The molecule has 0 saturated carbocycles. The number of nitrogens with two attached hydrogens (primary N) is 1. The zero-order chi connectivity index (χ0) is 10.2. The fourth-order valence-electron chi connectivity index (χ4n) is 1.20. The standard InChI is InChI=1S/C12H18N2/c1-2-11-7-8-12(14-10-11)6-4-3-5-9-13/h3-4,7-8,10H,2,5-6,9,13H2,1H3. The molecule has 1 heterocycles. The Morgan fingerprint density at radius 1 is 1.36 bits per heavy atom. The Kier molecular flexibility index (Phi) is 4.94. The molecule has 0 amide bonds. The number of hydrogen-bond donors (Lipinski definition) is 1. The molecule has 0 atom stereocenters. The number of pyridine rings is 1. The second-order valence-electron chi connectivity index (χ2n) is 3.26. The normalized spacial score (nSPS) is 11.0. The molecule has 0 fully saturated rings. The minimum atomic E-state index is 0.721. The Bertz CT molecular complexity index is 275. The van der Waals surface area contributed by atoms with Gasteiger partial charge in [-0.15, -0.1) is 0 Å². The molecule has 0 aliphatic rings. The zero-order valence-corrected chi connectivity index (χ0v) is 8.74. The second kappa shape index (κ2) is 6.33. The molecule has 1 aromatic rings.